The summed E-state index contributed by atoms with van der Waals surface area (Å²) >= 11 is 0. The minimum atomic E-state index is -0.276. The van der Waals surface area contributed by atoms with Crippen LogP contribution < -0.4 is 10.9 Å². The molecule has 2 heterocycles. The third-order valence-corrected chi connectivity index (χ3v) is 4.69. The summed E-state index contributed by atoms with van der Waals surface area (Å²) in [5.74, 6) is 0. The van der Waals surface area contributed by atoms with Gasteiger partial charge in [-0.2, -0.15) is 5.10 Å². The highest BCUT2D eigenvalue weighted by Gasteiger charge is 2.09. The predicted octanol–water partition coefficient (Wildman–Crippen LogP) is 2.38. The van der Waals surface area contributed by atoms with Crippen LogP contribution in [-0.4, -0.2) is 16.3 Å². The number of fused-ring (bicyclic) bond motifs is 1. The molecule has 5 nitrogen and oxygen atoms in total. The van der Waals surface area contributed by atoms with Crippen LogP contribution >= 0.6 is 0 Å². The average molecular weight is 340 g/mol. The summed E-state index contributed by atoms with van der Waals surface area (Å²) in [6, 6.07) is 7.79. The van der Waals surface area contributed by atoms with E-state index in [0.717, 1.165) is 48.3 Å². The van der Waals surface area contributed by atoms with Crippen molar-refractivity contribution in [1.82, 2.24) is 9.78 Å². The molecule has 0 bridgehead atoms. The van der Waals surface area contributed by atoms with Gasteiger partial charge in [0, 0.05) is 35.7 Å². The summed E-state index contributed by atoms with van der Waals surface area (Å²) in [6.07, 6.45) is 1.04. The zero-order chi connectivity index (χ0) is 18.0. The highest BCUT2D eigenvalue weighted by molar-refractivity contribution is 5.81. The van der Waals surface area contributed by atoms with Crippen LogP contribution in [0.2, 0.25) is 0 Å². The van der Waals surface area contributed by atoms with Crippen LogP contribution in [-0.2, 0) is 13.1 Å². The highest BCUT2D eigenvalue weighted by Crippen LogP contribution is 2.21. The SMILES string of the molecule is Cc1cc(C)n(CCC[NH2+]Cc2cc(=O)oc3cc(C)c(C)cc23)n1. The highest BCUT2D eigenvalue weighted by atomic mass is 16.4. The molecule has 0 radical (unpaired) electrons. The quantitative estimate of drug-likeness (QED) is 0.553. The third-order valence-electron chi connectivity index (χ3n) is 4.69. The van der Waals surface area contributed by atoms with E-state index in [1.165, 1.54) is 11.3 Å². The zero-order valence-electron chi connectivity index (χ0n) is 15.4. The Kier molecular flexibility index (Phi) is 5.04. The lowest BCUT2D eigenvalue weighted by molar-refractivity contribution is -0.670. The molecule has 0 fully saturated rings. The minimum Gasteiger partial charge on any atom is -0.423 e. The van der Waals surface area contributed by atoms with Gasteiger partial charge in [0.2, 0.25) is 0 Å². The lowest BCUT2D eigenvalue weighted by Crippen LogP contribution is -2.82. The molecule has 0 spiro atoms. The van der Waals surface area contributed by atoms with Gasteiger partial charge in [-0.25, -0.2) is 4.79 Å². The molecule has 132 valence electrons. The summed E-state index contributed by atoms with van der Waals surface area (Å²) in [6.45, 7) is 10.9. The van der Waals surface area contributed by atoms with Gasteiger partial charge in [-0.15, -0.1) is 0 Å². The monoisotopic (exact) mass is 340 g/mol. The van der Waals surface area contributed by atoms with Crippen LogP contribution in [0.5, 0.6) is 0 Å². The van der Waals surface area contributed by atoms with Gasteiger partial charge in [-0.05, 0) is 57.0 Å². The van der Waals surface area contributed by atoms with Gasteiger partial charge >= 0.3 is 5.63 Å². The van der Waals surface area contributed by atoms with Gasteiger partial charge in [0.15, 0.2) is 0 Å². The molecule has 0 atom stereocenters. The molecule has 0 saturated carbocycles. The molecule has 0 saturated heterocycles. The van der Waals surface area contributed by atoms with Crippen molar-refractivity contribution in [2.75, 3.05) is 6.54 Å². The minimum absolute atomic E-state index is 0.276. The molecule has 2 N–H and O–H groups in total. The molecule has 0 aliphatic carbocycles. The summed E-state index contributed by atoms with van der Waals surface area (Å²) in [4.78, 5) is 11.8. The number of nitrogens with two attached hydrogens (primary N) is 1. The fraction of sp³-hybridized carbons (Fsp3) is 0.400. The Morgan fingerprint density at radius 1 is 1.08 bits per heavy atom. The first kappa shape index (κ1) is 17.4. The number of hydrogen-bond acceptors (Lipinski definition) is 3. The normalized spacial score (nSPS) is 11.4. The van der Waals surface area contributed by atoms with Crippen molar-refractivity contribution in [2.45, 2.75) is 47.2 Å². The third kappa shape index (κ3) is 3.99. The first-order valence-corrected chi connectivity index (χ1v) is 8.81. The number of nitrogens with zero attached hydrogens (tertiary/aromatic N) is 2. The molecule has 25 heavy (non-hydrogen) atoms. The van der Waals surface area contributed by atoms with E-state index < -0.39 is 0 Å². The fourth-order valence-electron chi connectivity index (χ4n) is 3.20. The van der Waals surface area contributed by atoms with Gasteiger partial charge in [0.25, 0.3) is 0 Å². The standard InChI is InChI=1S/C20H25N3O2/c1-13-8-18-17(11-20(24)25-19(18)9-14(13)2)12-21-6-5-7-23-16(4)10-15(3)22-23/h8-11,21H,5-7,12H2,1-4H3/p+1. The van der Waals surface area contributed by atoms with E-state index in [-0.39, 0.29) is 5.63 Å². The Hall–Kier alpha value is -2.40. The van der Waals surface area contributed by atoms with Crippen LogP contribution in [0.25, 0.3) is 11.0 Å². The van der Waals surface area contributed by atoms with Crippen molar-refractivity contribution in [3.8, 4) is 0 Å². The van der Waals surface area contributed by atoms with Gasteiger partial charge in [0.05, 0.1) is 12.2 Å². The van der Waals surface area contributed by atoms with E-state index in [9.17, 15) is 4.79 Å². The Morgan fingerprint density at radius 2 is 1.84 bits per heavy atom. The Bertz CT molecular complexity index is 953. The molecule has 0 aliphatic heterocycles. The Morgan fingerprint density at radius 3 is 2.56 bits per heavy atom. The van der Waals surface area contributed by atoms with Crippen LogP contribution in [0.3, 0.4) is 0 Å². The van der Waals surface area contributed by atoms with E-state index in [1.807, 2.05) is 19.9 Å². The largest absolute Gasteiger partial charge is 0.423 e. The van der Waals surface area contributed by atoms with E-state index in [4.69, 9.17) is 4.42 Å². The maximum absolute atomic E-state index is 11.8. The second-order valence-electron chi connectivity index (χ2n) is 6.81. The summed E-state index contributed by atoms with van der Waals surface area (Å²) in [7, 11) is 0. The van der Waals surface area contributed by atoms with E-state index in [1.54, 1.807) is 6.07 Å². The van der Waals surface area contributed by atoms with Crippen molar-refractivity contribution in [2.24, 2.45) is 0 Å². The molecular weight excluding hydrogens is 314 g/mol. The average Bonchev–Trinajstić information content (AvgIpc) is 2.86. The summed E-state index contributed by atoms with van der Waals surface area (Å²) in [5, 5.41) is 7.77. The molecule has 5 heteroatoms. The maximum atomic E-state index is 11.8. The van der Waals surface area contributed by atoms with Crippen LogP contribution in [0.1, 0.15) is 34.5 Å². The summed E-state index contributed by atoms with van der Waals surface area (Å²) in [5.41, 5.74) is 6.07. The van der Waals surface area contributed by atoms with Gasteiger partial charge in [-0.3, -0.25) is 4.68 Å². The lowest BCUT2D eigenvalue weighted by Gasteiger charge is -2.08. The first-order valence-electron chi connectivity index (χ1n) is 8.81. The van der Waals surface area contributed by atoms with E-state index in [0.29, 0.717) is 5.58 Å². The van der Waals surface area contributed by atoms with Crippen molar-refractivity contribution in [3.63, 3.8) is 0 Å². The van der Waals surface area contributed by atoms with E-state index in [2.05, 4.69) is 41.1 Å². The maximum Gasteiger partial charge on any atom is 0.336 e. The molecule has 0 amide bonds. The van der Waals surface area contributed by atoms with E-state index >= 15 is 0 Å². The topological polar surface area (TPSA) is 64.6 Å². The molecule has 0 unspecified atom stereocenters. The fourth-order valence-corrected chi connectivity index (χ4v) is 3.20. The lowest BCUT2D eigenvalue weighted by atomic mass is 10.0. The Balaban J connectivity index is 1.64. The zero-order valence-corrected chi connectivity index (χ0v) is 15.4. The molecule has 1 aromatic carbocycles. The summed E-state index contributed by atoms with van der Waals surface area (Å²) < 4.78 is 7.42. The van der Waals surface area contributed by atoms with Crippen LogP contribution in [0.15, 0.2) is 33.5 Å². The smallest absolute Gasteiger partial charge is 0.336 e. The predicted molar refractivity (Wildman–Crippen MR) is 98.8 cm³/mol. The second-order valence-corrected chi connectivity index (χ2v) is 6.81. The number of aryl methyl sites for hydroxylation is 5. The number of rotatable bonds is 6. The molecule has 0 aliphatic rings. The Labute approximate surface area is 147 Å². The van der Waals surface area contributed by atoms with Gasteiger partial charge < -0.3 is 9.73 Å². The number of aromatic nitrogens is 2. The molecule has 3 aromatic rings. The number of quaternary nitrogens is 1. The molecule has 3 rings (SSSR count). The molecule has 2 aromatic heterocycles. The van der Waals surface area contributed by atoms with Gasteiger partial charge in [0.1, 0.15) is 12.1 Å². The van der Waals surface area contributed by atoms with Crippen molar-refractivity contribution in [1.29, 1.82) is 0 Å². The number of benzene rings is 1. The first-order chi connectivity index (χ1) is 11.9. The van der Waals surface area contributed by atoms with Crippen LogP contribution in [0.4, 0.5) is 0 Å². The molecular formula is C20H26N3O2+. The van der Waals surface area contributed by atoms with Crippen molar-refractivity contribution >= 4 is 11.0 Å². The van der Waals surface area contributed by atoms with Crippen molar-refractivity contribution < 1.29 is 9.73 Å². The van der Waals surface area contributed by atoms with Crippen molar-refractivity contribution in [3.05, 3.63) is 62.8 Å². The van der Waals surface area contributed by atoms with Gasteiger partial charge in [-0.1, -0.05) is 0 Å². The second kappa shape index (κ2) is 7.23. The number of hydrogen-bond donors (Lipinski definition) is 1. The van der Waals surface area contributed by atoms with Crippen LogP contribution in [0, 0.1) is 27.7 Å².